The van der Waals surface area contributed by atoms with Gasteiger partial charge in [0.15, 0.2) is 0 Å². The highest BCUT2D eigenvalue weighted by atomic mass is 35.5. The van der Waals surface area contributed by atoms with E-state index >= 15 is 0 Å². The Labute approximate surface area is 99.9 Å². The highest BCUT2D eigenvalue weighted by Gasteiger charge is 2.08. The monoisotopic (exact) mass is 242 g/mol. The lowest BCUT2D eigenvalue weighted by Gasteiger charge is -2.15. The fraction of sp³-hybridized carbons (Fsp3) is 0.273. The molecule has 0 spiro atoms. The molecule has 0 bridgehead atoms. The van der Waals surface area contributed by atoms with Crippen molar-refractivity contribution in [2.45, 2.75) is 17.9 Å². The van der Waals surface area contributed by atoms with Gasteiger partial charge in [0.05, 0.1) is 11.1 Å². The van der Waals surface area contributed by atoms with E-state index in [4.69, 9.17) is 17.4 Å². The van der Waals surface area contributed by atoms with Crippen molar-refractivity contribution >= 4 is 23.4 Å². The third kappa shape index (κ3) is 3.87. The number of nitrogens with one attached hydrogen (secondary N) is 1. The van der Waals surface area contributed by atoms with E-state index in [0.717, 1.165) is 21.2 Å². The van der Waals surface area contributed by atoms with Crippen molar-refractivity contribution < 1.29 is 0 Å². The number of benzene rings is 1. The first kappa shape index (κ1) is 12.6. The van der Waals surface area contributed by atoms with Crippen molar-refractivity contribution in [3.63, 3.8) is 0 Å². The second-order valence-electron chi connectivity index (χ2n) is 3.31. The zero-order valence-corrected chi connectivity index (χ0v) is 10.2. The molecule has 0 amide bonds. The Balaban J connectivity index is 2.56. The minimum Gasteiger partial charge on any atom is -0.271 e. The normalized spacial score (nSPS) is 12.5. The maximum atomic E-state index is 6.04. The summed E-state index contributed by atoms with van der Waals surface area (Å²) in [5.41, 5.74) is 3.75. The molecule has 0 aromatic heterocycles. The highest BCUT2D eigenvalue weighted by molar-refractivity contribution is 7.99. The number of thioether (sulfide) groups is 1. The van der Waals surface area contributed by atoms with E-state index in [1.807, 2.05) is 31.2 Å². The van der Waals surface area contributed by atoms with Crippen LogP contribution >= 0.6 is 23.4 Å². The lowest BCUT2D eigenvalue weighted by molar-refractivity contribution is 0.649. The van der Waals surface area contributed by atoms with E-state index < -0.39 is 0 Å². The molecule has 0 aliphatic carbocycles. The molecule has 15 heavy (non-hydrogen) atoms. The van der Waals surface area contributed by atoms with Crippen LogP contribution in [0.25, 0.3) is 0 Å². The summed E-state index contributed by atoms with van der Waals surface area (Å²) in [7, 11) is 0. The van der Waals surface area contributed by atoms with Gasteiger partial charge in [0.25, 0.3) is 0 Å². The second-order valence-corrected chi connectivity index (χ2v) is 4.78. The zero-order valence-electron chi connectivity index (χ0n) is 8.66. The molecular weight excluding hydrogens is 228 g/mol. The largest absolute Gasteiger partial charge is 0.271 e. The van der Waals surface area contributed by atoms with Crippen LogP contribution in [0.3, 0.4) is 0 Å². The summed E-state index contributed by atoms with van der Waals surface area (Å²) in [4.78, 5) is 1.07. The molecule has 0 aliphatic heterocycles. The molecule has 0 radical (unpaired) electrons. The minimum atomic E-state index is 0.117. The molecule has 82 valence electrons. The van der Waals surface area contributed by atoms with Gasteiger partial charge in [0.2, 0.25) is 0 Å². The molecule has 1 rings (SSSR count). The summed E-state index contributed by atoms with van der Waals surface area (Å²) in [5.74, 6) is 6.25. The van der Waals surface area contributed by atoms with Gasteiger partial charge in [-0.25, -0.2) is 0 Å². The number of halogens is 1. The van der Waals surface area contributed by atoms with Gasteiger partial charge in [-0.3, -0.25) is 11.3 Å². The lowest BCUT2D eigenvalue weighted by atomic mass is 10.2. The van der Waals surface area contributed by atoms with E-state index in [1.165, 1.54) is 0 Å². The van der Waals surface area contributed by atoms with Crippen molar-refractivity contribution in [3.05, 3.63) is 41.4 Å². The number of nitrogens with two attached hydrogens (primary N) is 1. The van der Waals surface area contributed by atoms with Gasteiger partial charge < -0.3 is 0 Å². The second kappa shape index (κ2) is 6.18. The first-order valence-corrected chi connectivity index (χ1v) is 6.00. The van der Waals surface area contributed by atoms with Gasteiger partial charge in [0, 0.05) is 10.6 Å². The van der Waals surface area contributed by atoms with E-state index in [1.54, 1.807) is 11.8 Å². The fourth-order valence-electron chi connectivity index (χ4n) is 1.07. The Morgan fingerprint density at radius 1 is 1.60 bits per heavy atom. The number of hydrogen-bond donors (Lipinski definition) is 2. The van der Waals surface area contributed by atoms with Crippen molar-refractivity contribution in [2.24, 2.45) is 5.84 Å². The first-order chi connectivity index (χ1) is 7.15. The summed E-state index contributed by atoms with van der Waals surface area (Å²) in [6.07, 6.45) is 0. The van der Waals surface area contributed by atoms with Crippen LogP contribution in [0.5, 0.6) is 0 Å². The molecule has 0 aliphatic rings. The number of rotatable bonds is 5. The van der Waals surface area contributed by atoms with Gasteiger partial charge >= 0.3 is 0 Å². The summed E-state index contributed by atoms with van der Waals surface area (Å²) < 4.78 is 0. The molecule has 3 N–H and O–H groups in total. The van der Waals surface area contributed by atoms with Crippen LogP contribution in [0.4, 0.5) is 0 Å². The third-order valence-corrected chi connectivity index (χ3v) is 3.65. The van der Waals surface area contributed by atoms with Crippen LogP contribution in [0.1, 0.15) is 6.92 Å². The summed E-state index contributed by atoms with van der Waals surface area (Å²) in [6, 6.07) is 7.89. The zero-order chi connectivity index (χ0) is 11.3. The Bertz CT molecular complexity index is 341. The molecule has 0 saturated heterocycles. The molecule has 1 atom stereocenters. The molecule has 1 aromatic rings. The van der Waals surface area contributed by atoms with Crippen LogP contribution in [0, 0.1) is 0 Å². The van der Waals surface area contributed by atoms with Crippen LogP contribution < -0.4 is 11.3 Å². The van der Waals surface area contributed by atoms with Gasteiger partial charge in [-0.2, -0.15) is 0 Å². The highest BCUT2D eigenvalue weighted by Crippen LogP contribution is 2.27. The van der Waals surface area contributed by atoms with Gasteiger partial charge in [0.1, 0.15) is 0 Å². The van der Waals surface area contributed by atoms with E-state index in [-0.39, 0.29) is 6.04 Å². The van der Waals surface area contributed by atoms with Crippen molar-refractivity contribution in [1.82, 2.24) is 5.43 Å². The average Bonchev–Trinajstić information content (AvgIpc) is 2.21. The van der Waals surface area contributed by atoms with Crippen molar-refractivity contribution in [3.8, 4) is 0 Å². The number of hydrogen-bond acceptors (Lipinski definition) is 3. The molecule has 0 fully saturated rings. The Kier molecular flexibility index (Phi) is 5.19. The standard InChI is InChI=1S/C11H15ClN2S/c1-8(2)10(14-13)7-15-11-6-4-3-5-9(11)12/h3-6,10,14H,1,7,13H2,2H3. The molecule has 2 nitrogen and oxygen atoms in total. The maximum absolute atomic E-state index is 6.04. The molecule has 1 aromatic carbocycles. The van der Waals surface area contributed by atoms with E-state index in [0.29, 0.717) is 0 Å². The smallest absolute Gasteiger partial charge is 0.0541 e. The van der Waals surface area contributed by atoms with Crippen LogP contribution in [0.15, 0.2) is 41.3 Å². The Morgan fingerprint density at radius 2 is 2.27 bits per heavy atom. The molecule has 1 unspecified atom stereocenters. The SMILES string of the molecule is C=C(C)C(CSc1ccccc1Cl)NN. The maximum Gasteiger partial charge on any atom is 0.0541 e. The Hall–Kier alpha value is -0.480. The van der Waals surface area contributed by atoms with E-state index in [2.05, 4.69) is 12.0 Å². The van der Waals surface area contributed by atoms with Gasteiger partial charge in [-0.05, 0) is 19.1 Å². The molecule has 4 heteroatoms. The molecule has 0 saturated carbocycles. The topological polar surface area (TPSA) is 38.0 Å². The van der Waals surface area contributed by atoms with Crippen LogP contribution in [0.2, 0.25) is 5.02 Å². The van der Waals surface area contributed by atoms with Gasteiger partial charge in [-0.1, -0.05) is 35.9 Å². The molecular formula is C11H15ClN2S. The quantitative estimate of drug-likeness (QED) is 0.361. The average molecular weight is 243 g/mol. The summed E-state index contributed by atoms with van der Waals surface area (Å²) >= 11 is 7.71. The molecule has 0 heterocycles. The Morgan fingerprint density at radius 3 is 2.80 bits per heavy atom. The first-order valence-electron chi connectivity index (χ1n) is 4.64. The lowest BCUT2D eigenvalue weighted by Crippen LogP contribution is -2.37. The van der Waals surface area contributed by atoms with Crippen molar-refractivity contribution in [2.75, 3.05) is 5.75 Å². The van der Waals surface area contributed by atoms with Crippen LogP contribution in [-0.2, 0) is 0 Å². The fourth-order valence-corrected chi connectivity index (χ4v) is 2.47. The van der Waals surface area contributed by atoms with Gasteiger partial charge in [-0.15, -0.1) is 11.8 Å². The van der Waals surface area contributed by atoms with E-state index in [9.17, 15) is 0 Å². The van der Waals surface area contributed by atoms with Crippen LogP contribution in [-0.4, -0.2) is 11.8 Å². The summed E-state index contributed by atoms with van der Waals surface area (Å²) in [5, 5.41) is 0.778. The predicted octanol–water partition coefficient (Wildman–Crippen LogP) is 2.84. The third-order valence-electron chi connectivity index (χ3n) is 2.04. The predicted molar refractivity (Wildman–Crippen MR) is 68.1 cm³/mol. The number of hydrazine groups is 1. The van der Waals surface area contributed by atoms with Crippen molar-refractivity contribution in [1.29, 1.82) is 0 Å². The minimum absolute atomic E-state index is 0.117. The summed E-state index contributed by atoms with van der Waals surface area (Å²) in [6.45, 7) is 5.83.